The molecule has 2 saturated heterocycles. The third-order valence-electron chi connectivity index (χ3n) is 6.83. The molecule has 0 bridgehead atoms. The van der Waals surface area contributed by atoms with Crippen molar-refractivity contribution < 1.29 is 28.6 Å². The van der Waals surface area contributed by atoms with Crippen molar-refractivity contribution >= 4 is 28.9 Å². The second kappa shape index (κ2) is 12.6. The molecule has 1 aromatic heterocycles. The van der Waals surface area contributed by atoms with Gasteiger partial charge in [-0.2, -0.15) is 5.10 Å². The van der Waals surface area contributed by atoms with Crippen molar-refractivity contribution in [3.8, 4) is 5.88 Å². The molecule has 1 aromatic carbocycles. The Bertz CT molecular complexity index is 1090. The summed E-state index contributed by atoms with van der Waals surface area (Å²) in [5.41, 5.74) is 0.700. The van der Waals surface area contributed by atoms with Gasteiger partial charge in [-0.15, -0.1) is 0 Å². The number of amides is 1. The van der Waals surface area contributed by atoms with Gasteiger partial charge >= 0.3 is 18.0 Å². The molecule has 1 unspecified atom stereocenters. The van der Waals surface area contributed by atoms with Crippen LogP contribution in [0.2, 0.25) is 0 Å². The average molecular weight is 499 g/mol. The van der Waals surface area contributed by atoms with Crippen LogP contribution in [0.1, 0.15) is 39.0 Å². The first-order valence-corrected chi connectivity index (χ1v) is 12.7. The summed E-state index contributed by atoms with van der Waals surface area (Å²) in [6, 6.07) is 7.22. The van der Waals surface area contributed by atoms with Crippen molar-refractivity contribution in [1.82, 2.24) is 20.4 Å². The third-order valence-corrected chi connectivity index (χ3v) is 6.83. The van der Waals surface area contributed by atoms with Crippen molar-refractivity contribution in [2.75, 3.05) is 26.3 Å². The van der Waals surface area contributed by atoms with E-state index in [0.29, 0.717) is 35.2 Å². The summed E-state index contributed by atoms with van der Waals surface area (Å²) in [6.45, 7) is 5.68. The summed E-state index contributed by atoms with van der Waals surface area (Å²) < 4.78 is 17.4. The van der Waals surface area contributed by atoms with E-state index in [1.165, 1.54) is 0 Å². The molecule has 36 heavy (non-hydrogen) atoms. The largest absolute Gasteiger partial charge is 0.415 e. The van der Waals surface area contributed by atoms with Crippen molar-refractivity contribution in [2.24, 2.45) is 11.8 Å². The van der Waals surface area contributed by atoms with E-state index in [0.717, 1.165) is 70.6 Å². The third kappa shape index (κ3) is 6.92. The summed E-state index contributed by atoms with van der Waals surface area (Å²) in [5, 5.41) is 11.3. The molecule has 2 aliphatic rings. The molecular formula is C26H34N4O6. The Morgan fingerprint density at radius 3 is 2.61 bits per heavy atom. The Labute approximate surface area is 210 Å². The molecule has 0 radical (unpaired) electrons. The van der Waals surface area contributed by atoms with Crippen LogP contribution >= 0.6 is 0 Å². The fraction of sp³-hybridized carbons (Fsp3) is 0.538. The molecule has 1 atom stereocenters. The minimum atomic E-state index is -0.937. The van der Waals surface area contributed by atoms with E-state index in [1.54, 1.807) is 10.7 Å². The van der Waals surface area contributed by atoms with Crippen LogP contribution in [0.4, 0.5) is 4.79 Å². The number of piperidine rings is 1. The second-order valence-electron chi connectivity index (χ2n) is 9.23. The van der Waals surface area contributed by atoms with E-state index >= 15 is 0 Å². The van der Waals surface area contributed by atoms with Gasteiger partial charge in [-0.25, -0.2) is 19.1 Å². The van der Waals surface area contributed by atoms with E-state index in [4.69, 9.17) is 14.2 Å². The number of alkyl carbamates (subject to hydrolysis) is 1. The lowest BCUT2D eigenvalue weighted by atomic mass is 9.82. The number of nitrogens with zero attached hydrogens (tertiary/aromatic N) is 2. The maximum Gasteiger partial charge on any atom is 0.415 e. The van der Waals surface area contributed by atoms with Crippen LogP contribution in [0.3, 0.4) is 0 Å². The Balaban J connectivity index is 1.31. The molecule has 194 valence electrons. The first-order valence-electron chi connectivity index (χ1n) is 12.7. The number of aryl methyl sites for hydroxylation is 1. The highest BCUT2D eigenvalue weighted by atomic mass is 16.6. The summed E-state index contributed by atoms with van der Waals surface area (Å²) in [4.78, 5) is 37.1. The zero-order valence-corrected chi connectivity index (χ0v) is 20.6. The Hall–Kier alpha value is -3.24. The number of nitrogens with one attached hydrogen (secondary N) is 2. The number of hydrogen-bond acceptors (Lipinski definition) is 8. The van der Waals surface area contributed by atoms with Gasteiger partial charge in [0.25, 0.3) is 0 Å². The van der Waals surface area contributed by atoms with Gasteiger partial charge in [-0.3, -0.25) is 0 Å². The average Bonchev–Trinajstić information content (AvgIpc) is 3.25. The lowest BCUT2D eigenvalue weighted by molar-refractivity contribution is -0.133. The highest BCUT2D eigenvalue weighted by Gasteiger charge is 2.29. The topological polar surface area (TPSA) is 121 Å². The maximum absolute atomic E-state index is 12.5. The van der Waals surface area contributed by atoms with E-state index in [2.05, 4.69) is 15.7 Å². The number of rotatable bonds is 8. The molecule has 0 spiro atoms. The quantitative estimate of drug-likeness (QED) is 0.324. The molecule has 2 fully saturated rings. The lowest BCUT2D eigenvalue weighted by Crippen LogP contribution is -2.46. The van der Waals surface area contributed by atoms with E-state index in [9.17, 15) is 14.4 Å². The molecule has 3 heterocycles. The van der Waals surface area contributed by atoms with Crippen LogP contribution in [0.15, 0.2) is 36.4 Å². The highest BCUT2D eigenvalue weighted by molar-refractivity contribution is 5.97. The molecule has 2 aromatic rings. The molecule has 2 N–H and O–H groups in total. The number of ether oxygens (including phenoxy) is 3. The zero-order chi connectivity index (χ0) is 25.3. The molecule has 0 saturated carbocycles. The SMILES string of the molecule is CCn1nc2ccccc2c1OC(=O)/C=C/C(=O)OC(=O)NC(CC1CCOCC1)C1CCNCC1. The van der Waals surface area contributed by atoms with Crippen molar-refractivity contribution in [1.29, 1.82) is 0 Å². The van der Waals surface area contributed by atoms with Gasteiger partial charge < -0.3 is 24.8 Å². The first kappa shape index (κ1) is 25.8. The number of carbonyl (C=O) groups excluding carboxylic acids is 3. The maximum atomic E-state index is 12.5. The van der Waals surface area contributed by atoms with E-state index < -0.39 is 18.0 Å². The van der Waals surface area contributed by atoms with Gasteiger partial charge in [-0.1, -0.05) is 12.1 Å². The summed E-state index contributed by atoms with van der Waals surface area (Å²) in [7, 11) is 0. The van der Waals surface area contributed by atoms with Crippen LogP contribution in [0, 0.1) is 11.8 Å². The van der Waals surface area contributed by atoms with E-state index in [-0.39, 0.29) is 6.04 Å². The Kier molecular flexibility index (Phi) is 9.07. The Morgan fingerprint density at radius 2 is 1.86 bits per heavy atom. The zero-order valence-electron chi connectivity index (χ0n) is 20.6. The smallest absolute Gasteiger partial charge is 0.404 e. The van der Waals surface area contributed by atoms with Crippen LogP contribution < -0.4 is 15.4 Å². The van der Waals surface area contributed by atoms with Gasteiger partial charge in [0.1, 0.15) is 0 Å². The predicted molar refractivity (Wildman–Crippen MR) is 132 cm³/mol. The number of carbonyl (C=O) groups is 3. The molecule has 1 amide bonds. The Morgan fingerprint density at radius 1 is 1.14 bits per heavy atom. The van der Waals surface area contributed by atoms with Crippen LogP contribution in [0.5, 0.6) is 5.88 Å². The normalized spacial score (nSPS) is 18.2. The highest BCUT2D eigenvalue weighted by Crippen LogP contribution is 2.27. The van der Waals surface area contributed by atoms with Gasteiger partial charge in [0.05, 0.1) is 10.9 Å². The predicted octanol–water partition coefficient (Wildman–Crippen LogP) is 2.96. The van der Waals surface area contributed by atoms with Crippen molar-refractivity contribution in [3.05, 3.63) is 36.4 Å². The van der Waals surface area contributed by atoms with Crippen molar-refractivity contribution in [3.63, 3.8) is 0 Å². The van der Waals surface area contributed by atoms with E-state index in [1.807, 2.05) is 25.1 Å². The van der Waals surface area contributed by atoms with Gasteiger partial charge in [0, 0.05) is 38.0 Å². The molecule has 0 aliphatic carbocycles. The monoisotopic (exact) mass is 498 g/mol. The number of fused-ring (bicyclic) bond motifs is 1. The fourth-order valence-electron chi connectivity index (χ4n) is 4.91. The molecular weight excluding hydrogens is 464 g/mol. The van der Waals surface area contributed by atoms with Crippen LogP contribution in [-0.4, -0.2) is 60.2 Å². The van der Waals surface area contributed by atoms with Crippen LogP contribution in [-0.2, 0) is 25.6 Å². The number of aromatic nitrogens is 2. The molecule has 10 heteroatoms. The molecule has 4 rings (SSSR count). The van der Waals surface area contributed by atoms with Gasteiger partial charge in [0.15, 0.2) is 0 Å². The van der Waals surface area contributed by atoms with Gasteiger partial charge in [-0.05, 0) is 76.1 Å². The minimum absolute atomic E-state index is 0.0768. The number of esters is 2. The number of hydrogen-bond donors (Lipinski definition) is 2. The minimum Gasteiger partial charge on any atom is -0.404 e. The second-order valence-corrected chi connectivity index (χ2v) is 9.23. The molecule has 2 aliphatic heterocycles. The number of benzene rings is 1. The van der Waals surface area contributed by atoms with Gasteiger partial charge in [0.2, 0.25) is 5.88 Å². The summed E-state index contributed by atoms with van der Waals surface area (Å²) >= 11 is 0. The first-order chi connectivity index (χ1) is 17.5. The standard InChI is InChI=1S/C26H34N4O6/c1-2-30-25(20-5-3-4-6-21(20)29-30)35-23(31)7-8-24(32)36-26(33)28-22(19-9-13-27-14-10-19)17-18-11-15-34-16-12-18/h3-8,18-19,22,27H,2,9-17H2,1H3,(H,28,33)/b8-7+. The lowest BCUT2D eigenvalue weighted by Gasteiger charge is -2.34. The van der Waals surface area contributed by atoms with Crippen molar-refractivity contribution in [2.45, 2.75) is 51.6 Å². The fourth-order valence-corrected chi connectivity index (χ4v) is 4.91. The molecule has 10 nitrogen and oxygen atoms in total. The summed E-state index contributed by atoms with van der Waals surface area (Å²) in [5.74, 6) is -0.613. The summed E-state index contributed by atoms with van der Waals surface area (Å²) in [6.07, 6.45) is 5.72. The van der Waals surface area contributed by atoms with Crippen LogP contribution in [0.25, 0.3) is 10.9 Å².